The van der Waals surface area contributed by atoms with Gasteiger partial charge in [-0.3, -0.25) is 9.69 Å². The second kappa shape index (κ2) is 5.66. The van der Waals surface area contributed by atoms with Gasteiger partial charge in [0.25, 0.3) is 0 Å². The highest BCUT2D eigenvalue weighted by Crippen LogP contribution is 2.31. The van der Waals surface area contributed by atoms with Gasteiger partial charge in [-0.05, 0) is 43.7 Å². The summed E-state index contributed by atoms with van der Waals surface area (Å²) in [5.74, 6) is 0.103. The number of carbonyl (C=O) groups excluding carboxylic acids is 1. The van der Waals surface area contributed by atoms with E-state index in [0.717, 1.165) is 13.1 Å². The van der Waals surface area contributed by atoms with Gasteiger partial charge in [-0.25, -0.2) is 0 Å². The summed E-state index contributed by atoms with van der Waals surface area (Å²) in [5, 5.41) is 0. The summed E-state index contributed by atoms with van der Waals surface area (Å²) < 4.78 is 0. The van der Waals surface area contributed by atoms with Crippen LogP contribution in [0.1, 0.15) is 46.5 Å². The van der Waals surface area contributed by atoms with Gasteiger partial charge in [0.05, 0.1) is 0 Å². The lowest BCUT2D eigenvalue weighted by atomic mass is 9.90. The normalized spacial score (nSPS) is 27.6. The summed E-state index contributed by atoms with van der Waals surface area (Å²) in [6.45, 7) is 13.5. The van der Waals surface area contributed by atoms with Crippen LogP contribution >= 0.6 is 0 Å². The minimum Gasteiger partial charge on any atom is -0.336 e. The summed E-state index contributed by atoms with van der Waals surface area (Å²) in [4.78, 5) is 16.4. The Balaban J connectivity index is 1.85. The molecule has 108 valence electrons. The Kier molecular flexibility index (Phi) is 4.34. The van der Waals surface area contributed by atoms with Crippen molar-refractivity contribution >= 4 is 5.91 Å². The first-order valence-corrected chi connectivity index (χ1v) is 7.58. The predicted octanol–water partition coefficient (Wildman–Crippen LogP) is 2.67. The number of piperazine rings is 1. The number of hydrogen-bond donors (Lipinski definition) is 0. The molecule has 0 aromatic heterocycles. The minimum absolute atomic E-state index is 0.103. The van der Waals surface area contributed by atoms with Gasteiger partial charge in [0.2, 0.25) is 5.91 Å². The van der Waals surface area contributed by atoms with Crippen LogP contribution in [-0.4, -0.2) is 47.4 Å². The Labute approximate surface area is 117 Å². The first kappa shape index (κ1) is 14.6. The van der Waals surface area contributed by atoms with E-state index in [4.69, 9.17) is 0 Å². The quantitative estimate of drug-likeness (QED) is 0.729. The van der Waals surface area contributed by atoms with Gasteiger partial charge in [0.1, 0.15) is 0 Å². The van der Waals surface area contributed by atoms with Gasteiger partial charge < -0.3 is 4.90 Å². The van der Waals surface area contributed by atoms with Crippen LogP contribution in [-0.2, 0) is 4.79 Å². The topological polar surface area (TPSA) is 23.6 Å². The van der Waals surface area contributed by atoms with E-state index in [0.29, 0.717) is 17.5 Å². The zero-order valence-corrected chi connectivity index (χ0v) is 12.7. The lowest BCUT2D eigenvalue weighted by molar-refractivity contribution is -0.129. The zero-order chi connectivity index (χ0) is 14.0. The maximum Gasteiger partial charge on any atom is 0.246 e. The number of fused-ring (bicyclic) bond motifs is 2. The molecule has 0 saturated carbocycles. The third-order valence-corrected chi connectivity index (χ3v) is 4.46. The first-order chi connectivity index (χ1) is 8.90. The van der Waals surface area contributed by atoms with Crippen molar-refractivity contribution in [3.8, 4) is 0 Å². The summed E-state index contributed by atoms with van der Waals surface area (Å²) in [6, 6.07) is 1.17. The van der Waals surface area contributed by atoms with E-state index in [9.17, 15) is 4.79 Å². The molecular formula is C16H28N2O. The molecule has 2 heterocycles. The van der Waals surface area contributed by atoms with Crippen molar-refractivity contribution in [2.24, 2.45) is 5.41 Å². The van der Waals surface area contributed by atoms with Crippen molar-refractivity contribution in [2.75, 3.05) is 19.6 Å². The molecule has 1 amide bonds. The molecule has 0 aromatic rings. The van der Waals surface area contributed by atoms with E-state index in [2.05, 4.69) is 32.3 Å². The van der Waals surface area contributed by atoms with Crippen molar-refractivity contribution in [3.63, 3.8) is 0 Å². The second-order valence-corrected chi connectivity index (χ2v) is 7.23. The molecule has 2 fully saturated rings. The molecule has 2 aliphatic heterocycles. The van der Waals surface area contributed by atoms with Crippen LogP contribution in [0.5, 0.6) is 0 Å². The van der Waals surface area contributed by atoms with Crippen LogP contribution in [0.2, 0.25) is 0 Å². The lowest BCUT2D eigenvalue weighted by Crippen LogP contribution is -2.55. The monoisotopic (exact) mass is 264 g/mol. The molecule has 2 bridgehead atoms. The predicted molar refractivity (Wildman–Crippen MR) is 79.0 cm³/mol. The SMILES string of the molecule is C=CC(=O)N1CC2CCC(C1)N2CCCC(C)(C)C. The molecule has 2 rings (SSSR count). The molecule has 19 heavy (non-hydrogen) atoms. The molecule has 3 heteroatoms. The molecule has 2 saturated heterocycles. The molecule has 0 aliphatic carbocycles. The Hall–Kier alpha value is -0.830. The van der Waals surface area contributed by atoms with Crippen LogP contribution in [0.4, 0.5) is 0 Å². The first-order valence-electron chi connectivity index (χ1n) is 7.58. The smallest absolute Gasteiger partial charge is 0.246 e. The third-order valence-electron chi connectivity index (χ3n) is 4.46. The summed E-state index contributed by atoms with van der Waals surface area (Å²) in [5.41, 5.74) is 0.430. The number of carbonyl (C=O) groups is 1. The van der Waals surface area contributed by atoms with Crippen LogP contribution in [0.25, 0.3) is 0 Å². The largest absolute Gasteiger partial charge is 0.336 e. The minimum atomic E-state index is 0.103. The fourth-order valence-electron chi connectivity index (χ4n) is 3.46. The van der Waals surface area contributed by atoms with Crippen LogP contribution < -0.4 is 0 Å². The molecule has 0 spiro atoms. The number of amides is 1. The lowest BCUT2D eigenvalue weighted by Gasteiger charge is -2.41. The second-order valence-electron chi connectivity index (χ2n) is 7.23. The number of likely N-dealkylation sites (tertiary alicyclic amines) is 1. The highest BCUT2D eigenvalue weighted by atomic mass is 16.2. The molecule has 2 atom stereocenters. The fraction of sp³-hybridized carbons (Fsp3) is 0.812. The van der Waals surface area contributed by atoms with Crippen LogP contribution in [0, 0.1) is 5.41 Å². The van der Waals surface area contributed by atoms with Gasteiger partial charge in [0.15, 0.2) is 0 Å². The van der Waals surface area contributed by atoms with Crippen LogP contribution in [0.15, 0.2) is 12.7 Å². The van der Waals surface area contributed by atoms with Gasteiger partial charge >= 0.3 is 0 Å². The molecule has 0 radical (unpaired) electrons. The number of rotatable bonds is 4. The van der Waals surface area contributed by atoms with Crippen molar-refractivity contribution in [3.05, 3.63) is 12.7 Å². The Morgan fingerprint density at radius 2 is 1.84 bits per heavy atom. The van der Waals surface area contributed by atoms with Gasteiger partial charge in [-0.15, -0.1) is 0 Å². The average Bonchev–Trinajstić information content (AvgIpc) is 2.59. The Morgan fingerprint density at radius 3 is 2.32 bits per heavy atom. The van der Waals surface area contributed by atoms with E-state index in [1.54, 1.807) is 0 Å². The van der Waals surface area contributed by atoms with Gasteiger partial charge in [0, 0.05) is 25.2 Å². The standard InChI is InChI=1S/C16H28N2O/c1-5-15(19)17-11-13-7-8-14(12-17)18(13)10-6-9-16(2,3)4/h5,13-14H,1,6-12H2,2-4H3. The fourth-order valence-corrected chi connectivity index (χ4v) is 3.46. The summed E-state index contributed by atoms with van der Waals surface area (Å²) in [7, 11) is 0. The van der Waals surface area contributed by atoms with E-state index in [1.807, 2.05) is 4.90 Å². The van der Waals surface area contributed by atoms with Crippen molar-refractivity contribution < 1.29 is 4.79 Å². The van der Waals surface area contributed by atoms with E-state index < -0.39 is 0 Å². The van der Waals surface area contributed by atoms with Gasteiger partial charge in [-0.2, -0.15) is 0 Å². The highest BCUT2D eigenvalue weighted by molar-refractivity contribution is 5.87. The zero-order valence-electron chi connectivity index (χ0n) is 12.7. The highest BCUT2D eigenvalue weighted by Gasteiger charge is 2.40. The van der Waals surface area contributed by atoms with Crippen molar-refractivity contribution in [1.82, 2.24) is 9.80 Å². The molecule has 0 aromatic carbocycles. The van der Waals surface area contributed by atoms with Crippen molar-refractivity contribution in [2.45, 2.75) is 58.5 Å². The summed E-state index contributed by atoms with van der Waals surface area (Å²) in [6.07, 6.45) is 6.50. The number of hydrogen-bond acceptors (Lipinski definition) is 2. The number of nitrogens with zero attached hydrogens (tertiary/aromatic N) is 2. The maximum atomic E-state index is 11.7. The molecule has 2 unspecified atom stereocenters. The van der Waals surface area contributed by atoms with E-state index >= 15 is 0 Å². The Bertz CT molecular complexity index is 331. The molecular weight excluding hydrogens is 236 g/mol. The van der Waals surface area contributed by atoms with Gasteiger partial charge in [-0.1, -0.05) is 27.4 Å². The Morgan fingerprint density at radius 1 is 1.26 bits per heavy atom. The summed E-state index contributed by atoms with van der Waals surface area (Å²) >= 11 is 0. The maximum absolute atomic E-state index is 11.7. The van der Waals surface area contributed by atoms with E-state index in [-0.39, 0.29) is 5.91 Å². The third kappa shape index (κ3) is 3.59. The van der Waals surface area contributed by atoms with E-state index in [1.165, 1.54) is 38.3 Å². The molecule has 0 N–H and O–H groups in total. The molecule has 3 nitrogen and oxygen atoms in total. The van der Waals surface area contributed by atoms with Crippen LogP contribution in [0.3, 0.4) is 0 Å². The molecule has 2 aliphatic rings. The van der Waals surface area contributed by atoms with Crippen molar-refractivity contribution in [1.29, 1.82) is 0 Å². The average molecular weight is 264 g/mol.